The number of pyridine rings is 2. The molecule has 3 aromatic heterocycles. The van der Waals surface area contributed by atoms with E-state index in [9.17, 15) is 10.1 Å². The van der Waals surface area contributed by atoms with E-state index in [4.69, 9.17) is 16.3 Å². The van der Waals surface area contributed by atoms with Crippen molar-refractivity contribution in [1.29, 1.82) is 5.26 Å². The van der Waals surface area contributed by atoms with E-state index in [1.165, 1.54) is 0 Å². The third-order valence-electron chi connectivity index (χ3n) is 7.50. The maximum Gasteiger partial charge on any atom is 0.170 e. The molecule has 3 aromatic rings. The molecule has 2 aliphatic rings. The molecule has 5 rings (SSSR count). The van der Waals surface area contributed by atoms with E-state index in [2.05, 4.69) is 26.0 Å². The summed E-state index contributed by atoms with van der Waals surface area (Å²) in [5.74, 6) is 0.565. The van der Waals surface area contributed by atoms with Gasteiger partial charge in [0.2, 0.25) is 0 Å². The van der Waals surface area contributed by atoms with Gasteiger partial charge >= 0.3 is 0 Å². The second kappa shape index (κ2) is 10.5. The first-order valence-electron chi connectivity index (χ1n) is 12.4. The highest BCUT2D eigenvalue weighted by Crippen LogP contribution is 2.39. The number of ether oxygens (including phenoxy) is 1. The normalized spacial score (nSPS) is 22.8. The lowest BCUT2D eigenvalue weighted by Gasteiger charge is -2.41. The Morgan fingerprint density at radius 2 is 1.92 bits per heavy atom. The highest BCUT2D eigenvalue weighted by Gasteiger charge is 2.40. The average molecular weight is 505 g/mol. The summed E-state index contributed by atoms with van der Waals surface area (Å²) in [6.45, 7) is 5.38. The van der Waals surface area contributed by atoms with Gasteiger partial charge in [-0.1, -0.05) is 17.7 Å². The number of ketones is 1. The number of nitrogens with zero attached hydrogens (tertiary/aromatic N) is 6. The highest BCUT2D eigenvalue weighted by molar-refractivity contribution is 6.30. The summed E-state index contributed by atoms with van der Waals surface area (Å²) < 4.78 is 7.11. The second-order valence-corrected chi connectivity index (χ2v) is 10.1. The quantitative estimate of drug-likeness (QED) is 0.466. The van der Waals surface area contributed by atoms with Crippen LogP contribution in [-0.4, -0.2) is 62.8 Å². The monoisotopic (exact) mass is 504 g/mol. The van der Waals surface area contributed by atoms with Gasteiger partial charge in [-0.2, -0.15) is 10.4 Å². The summed E-state index contributed by atoms with van der Waals surface area (Å²) in [6.07, 6.45) is 8.65. The fourth-order valence-corrected chi connectivity index (χ4v) is 5.44. The summed E-state index contributed by atoms with van der Waals surface area (Å²) in [6, 6.07) is 10.4. The van der Waals surface area contributed by atoms with Gasteiger partial charge in [-0.3, -0.25) is 14.7 Å². The third kappa shape index (κ3) is 4.92. The third-order valence-corrected chi connectivity index (χ3v) is 7.73. The van der Waals surface area contributed by atoms with Gasteiger partial charge in [0.15, 0.2) is 11.6 Å². The molecule has 0 amide bonds. The number of rotatable bonds is 6. The molecule has 1 saturated heterocycles. The van der Waals surface area contributed by atoms with Crippen molar-refractivity contribution in [2.45, 2.75) is 50.5 Å². The van der Waals surface area contributed by atoms with Gasteiger partial charge in [-0.15, -0.1) is 0 Å². The Morgan fingerprint density at radius 1 is 1.14 bits per heavy atom. The molecule has 1 aliphatic carbocycles. The van der Waals surface area contributed by atoms with Crippen LogP contribution in [0.1, 0.15) is 53.0 Å². The fraction of sp³-hybridized carbons (Fsp3) is 0.444. The molecule has 0 spiro atoms. The lowest BCUT2D eigenvalue weighted by molar-refractivity contribution is 0.00493. The van der Waals surface area contributed by atoms with Crippen molar-refractivity contribution in [3.8, 4) is 11.9 Å². The number of morpholine rings is 1. The van der Waals surface area contributed by atoms with Gasteiger partial charge in [0.1, 0.15) is 0 Å². The fourth-order valence-electron chi connectivity index (χ4n) is 5.33. The van der Waals surface area contributed by atoms with Crippen LogP contribution in [-0.2, 0) is 16.6 Å². The topological polar surface area (TPSA) is 96.9 Å². The molecule has 0 radical (unpaired) electrons. The average Bonchev–Trinajstić information content (AvgIpc) is 3.31. The number of Topliss-reactive ketones (excluding diaryl/α,β-unsaturated/α-hetero) is 1. The van der Waals surface area contributed by atoms with Gasteiger partial charge in [0.05, 0.1) is 52.9 Å². The van der Waals surface area contributed by atoms with Crippen molar-refractivity contribution >= 4 is 17.4 Å². The van der Waals surface area contributed by atoms with Crippen molar-refractivity contribution in [3.05, 3.63) is 70.4 Å². The molecular weight excluding hydrogens is 476 g/mol. The number of hydrogen-bond acceptors (Lipinski definition) is 7. The van der Waals surface area contributed by atoms with Gasteiger partial charge in [-0.05, 0) is 56.4 Å². The largest absolute Gasteiger partial charge is 0.379 e. The smallest absolute Gasteiger partial charge is 0.170 e. The standard InChI is InChI=1S/C27H29ClN6O2/c1-19-23(17-32-34(19)26-5-3-21(28)16-31-26)24(35)14-20-2-4-25(30-15-20)27(18-29)8-6-22(7-9-27)33-10-12-36-13-11-33/h2-5,15-17,22H,6-14H2,1H3. The van der Waals surface area contributed by atoms with Crippen LogP contribution >= 0.6 is 11.6 Å². The molecule has 0 aromatic carbocycles. The van der Waals surface area contributed by atoms with Gasteiger partial charge < -0.3 is 4.74 Å². The molecule has 0 unspecified atom stereocenters. The Morgan fingerprint density at radius 3 is 2.56 bits per heavy atom. The van der Waals surface area contributed by atoms with Crippen molar-refractivity contribution in [1.82, 2.24) is 24.6 Å². The first-order chi connectivity index (χ1) is 17.5. The first-order valence-corrected chi connectivity index (χ1v) is 12.7. The minimum Gasteiger partial charge on any atom is -0.379 e. The van der Waals surface area contributed by atoms with Crippen molar-refractivity contribution in [2.75, 3.05) is 26.3 Å². The molecule has 0 atom stereocenters. The van der Waals surface area contributed by atoms with Gasteiger partial charge in [0, 0.05) is 37.9 Å². The van der Waals surface area contributed by atoms with Crippen LogP contribution in [0.3, 0.4) is 0 Å². The van der Waals surface area contributed by atoms with Crippen LogP contribution in [0.25, 0.3) is 5.82 Å². The summed E-state index contributed by atoms with van der Waals surface area (Å²) in [7, 11) is 0. The Bertz CT molecular complexity index is 1250. The van der Waals surface area contributed by atoms with E-state index < -0.39 is 5.41 Å². The van der Waals surface area contributed by atoms with E-state index in [0.717, 1.165) is 68.9 Å². The van der Waals surface area contributed by atoms with E-state index in [-0.39, 0.29) is 12.2 Å². The highest BCUT2D eigenvalue weighted by atomic mass is 35.5. The zero-order valence-electron chi connectivity index (χ0n) is 20.4. The van der Waals surface area contributed by atoms with Crippen LogP contribution in [0.2, 0.25) is 5.02 Å². The molecule has 1 saturated carbocycles. The van der Waals surface area contributed by atoms with Crippen LogP contribution in [0.5, 0.6) is 0 Å². The van der Waals surface area contributed by atoms with Gasteiger partial charge in [-0.25, -0.2) is 9.67 Å². The Hall–Kier alpha value is -3.12. The minimum absolute atomic E-state index is 0.0386. The Labute approximate surface area is 215 Å². The maximum absolute atomic E-state index is 13.0. The number of hydrogen-bond donors (Lipinski definition) is 0. The van der Waals surface area contributed by atoms with E-state index in [1.807, 2.05) is 19.1 Å². The molecule has 4 heterocycles. The molecular formula is C27H29ClN6O2. The molecule has 9 heteroatoms. The van der Waals surface area contributed by atoms with Crippen molar-refractivity contribution in [3.63, 3.8) is 0 Å². The number of carbonyl (C=O) groups is 1. The summed E-state index contributed by atoms with van der Waals surface area (Å²) >= 11 is 5.93. The molecule has 0 N–H and O–H groups in total. The lowest BCUT2D eigenvalue weighted by atomic mass is 9.71. The zero-order valence-corrected chi connectivity index (χ0v) is 21.1. The first kappa shape index (κ1) is 24.6. The predicted octanol–water partition coefficient (Wildman–Crippen LogP) is 4.09. The minimum atomic E-state index is -0.561. The molecule has 0 bridgehead atoms. The Balaban J connectivity index is 1.25. The van der Waals surface area contributed by atoms with E-state index in [0.29, 0.717) is 22.4 Å². The number of aromatic nitrogens is 4. The van der Waals surface area contributed by atoms with E-state index >= 15 is 0 Å². The second-order valence-electron chi connectivity index (χ2n) is 9.62. The van der Waals surface area contributed by atoms with Crippen LogP contribution in [0, 0.1) is 18.3 Å². The summed E-state index contributed by atoms with van der Waals surface area (Å²) in [5.41, 5.74) is 2.33. The molecule has 8 nitrogen and oxygen atoms in total. The van der Waals surface area contributed by atoms with Crippen LogP contribution < -0.4 is 0 Å². The van der Waals surface area contributed by atoms with Crippen LogP contribution in [0.15, 0.2) is 42.9 Å². The van der Waals surface area contributed by atoms with Crippen molar-refractivity contribution in [2.24, 2.45) is 0 Å². The SMILES string of the molecule is Cc1c(C(=O)Cc2ccc(C3(C#N)CCC(N4CCOCC4)CC3)nc2)cnn1-c1ccc(Cl)cn1. The number of carbonyl (C=O) groups excluding carboxylic acids is 1. The van der Waals surface area contributed by atoms with Gasteiger partial charge in [0.25, 0.3) is 0 Å². The maximum atomic E-state index is 13.0. The molecule has 186 valence electrons. The predicted molar refractivity (Wildman–Crippen MR) is 135 cm³/mol. The molecule has 36 heavy (non-hydrogen) atoms. The summed E-state index contributed by atoms with van der Waals surface area (Å²) in [4.78, 5) is 24.5. The number of nitriles is 1. The zero-order chi connectivity index (χ0) is 25.1. The molecule has 1 aliphatic heterocycles. The van der Waals surface area contributed by atoms with Crippen LogP contribution in [0.4, 0.5) is 0 Å². The Kier molecular flexibility index (Phi) is 7.15. The molecule has 2 fully saturated rings. The van der Waals surface area contributed by atoms with Crippen molar-refractivity contribution < 1.29 is 9.53 Å². The summed E-state index contributed by atoms with van der Waals surface area (Å²) in [5, 5.41) is 15.0. The lowest BCUT2D eigenvalue weighted by Crippen LogP contribution is -2.47. The number of halogens is 1. The van der Waals surface area contributed by atoms with E-state index in [1.54, 1.807) is 35.4 Å².